The second-order valence-corrected chi connectivity index (χ2v) is 4.38. The number of aromatic hydroxyl groups is 1. The standard InChI is InChI=1S/C16H9FO4/c17-15-9(2-1-7-18)3-5-12-14(15)11-6-4-10(19)8-13(11)21-16(12)20/h3-6,8,18-19H,7H2. The average Bonchev–Trinajstić information content (AvgIpc) is 2.46. The van der Waals surface area contributed by atoms with Gasteiger partial charge >= 0.3 is 5.63 Å². The van der Waals surface area contributed by atoms with E-state index in [1.807, 2.05) is 0 Å². The second-order valence-electron chi connectivity index (χ2n) is 4.38. The summed E-state index contributed by atoms with van der Waals surface area (Å²) in [5, 5.41) is 18.7. The summed E-state index contributed by atoms with van der Waals surface area (Å²) in [5.74, 6) is 4.12. The van der Waals surface area contributed by atoms with Crippen LogP contribution in [0.3, 0.4) is 0 Å². The first kappa shape index (κ1) is 13.2. The molecule has 0 aliphatic heterocycles. The molecule has 0 fully saturated rings. The quantitative estimate of drug-likeness (QED) is 0.377. The molecule has 1 aromatic heterocycles. The Hall–Kier alpha value is -2.84. The number of aliphatic hydroxyl groups is 1. The lowest BCUT2D eigenvalue weighted by Crippen LogP contribution is -2.02. The van der Waals surface area contributed by atoms with E-state index in [1.54, 1.807) is 0 Å². The smallest absolute Gasteiger partial charge is 0.344 e. The third-order valence-electron chi connectivity index (χ3n) is 3.10. The molecular weight excluding hydrogens is 275 g/mol. The maximum absolute atomic E-state index is 14.6. The Morgan fingerprint density at radius 2 is 1.95 bits per heavy atom. The lowest BCUT2D eigenvalue weighted by molar-refractivity contribution is 0.350. The normalized spacial score (nSPS) is 10.6. The van der Waals surface area contributed by atoms with Gasteiger partial charge in [0.2, 0.25) is 0 Å². The van der Waals surface area contributed by atoms with Gasteiger partial charge < -0.3 is 14.6 Å². The molecule has 2 N–H and O–H groups in total. The highest BCUT2D eigenvalue weighted by molar-refractivity contribution is 6.05. The zero-order valence-electron chi connectivity index (χ0n) is 10.7. The summed E-state index contributed by atoms with van der Waals surface area (Å²) in [7, 11) is 0. The van der Waals surface area contributed by atoms with Gasteiger partial charge in [-0.05, 0) is 24.3 Å². The summed E-state index contributed by atoms with van der Waals surface area (Å²) < 4.78 is 19.6. The molecule has 0 amide bonds. The summed E-state index contributed by atoms with van der Waals surface area (Å²) in [4.78, 5) is 11.9. The Morgan fingerprint density at radius 1 is 1.19 bits per heavy atom. The number of halogens is 1. The van der Waals surface area contributed by atoms with E-state index in [-0.39, 0.29) is 34.3 Å². The van der Waals surface area contributed by atoms with Crippen LogP contribution in [0.5, 0.6) is 5.75 Å². The zero-order chi connectivity index (χ0) is 15.0. The number of phenolic OH excluding ortho intramolecular Hbond substituents is 1. The number of rotatable bonds is 0. The molecule has 1 heterocycles. The van der Waals surface area contributed by atoms with Crippen molar-refractivity contribution in [3.8, 4) is 17.6 Å². The maximum Gasteiger partial charge on any atom is 0.344 e. The van der Waals surface area contributed by atoms with Gasteiger partial charge in [0.1, 0.15) is 23.8 Å². The average molecular weight is 284 g/mol. The Kier molecular flexibility index (Phi) is 3.09. The molecule has 5 heteroatoms. The minimum atomic E-state index is -0.691. The molecule has 21 heavy (non-hydrogen) atoms. The van der Waals surface area contributed by atoms with Crippen molar-refractivity contribution >= 4 is 21.7 Å². The summed E-state index contributed by atoms with van der Waals surface area (Å²) in [6, 6.07) is 6.90. The summed E-state index contributed by atoms with van der Waals surface area (Å²) >= 11 is 0. The van der Waals surface area contributed by atoms with Gasteiger partial charge in [-0.3, -0.25) is 0 Å². The van der Waals surface area contributed by atoms with E-state index in [4.69, 9.17) is 9.52 Å². The summed E-state index contributed by atoms with van der Waals surface area (Å²) in [6.07, 6.45) is 0. The van der Waals surface area contributed by atoms with E-state index in [1.165, 1.54) is 30.3 Å². The topological polar surface area (TPSA) is 70.7 Å². The molecule has 2 aromatic carbocycles. The van der Waals surface area contributed by atoms with Crippen molar-refractivity contribution in [2.75, 3.05) is 6.61 Å². The Balaban J connectivity index is 2.50. The number of hydrogen-bond donors (Lipinski definition) is 2. The van der Waals surface area contributed by atoms with Gasteiger partial charge in [-0.15, -0.1) is 0 Å². The van der Waals surface area contributed by atoms with Crippen LogP contribution in [0.15, 0.2) is 39.5 Å². The Morgan fingerprint density at radius 3 is 2.71 bits per heavy atom. The van der Waals surface area contributed by atoms with Gasteiger partial charge in [0.05, 0.1) is 10.9 Å². The monoisotopic (exact) mass is 284 g/mol. The van der Waals surface area contributed by atoms with Crippen LogP contribution in [-0.2, 0) is 0 Å². The van der Waals surface area contributed by atoms with Crippen LogP contribution < -0.4 is 5.63 Å². The third-order valence-corrected chi connectivity index (χ3v) is 3.10. The number of phenols is 1. The molecule has 0 aliphatic rings. The molecule has 0 saturated carbocycles. The van der Waals surface area contributed by atoms with E-state index >= 15 is 0 Å². The molecule has 3 rings (SSSR count). The van der Waals surface area contributed by atoms with Gasteiger partial charge in [0.25, 0.3) is 0 Å². The minimum Gasteiger partial charge on any atom is -0.508 e. The molecule has 0 saturated heterocycles. The first-order valence-corrected chi connectivity index (χ1v) is 6.09. The fourth-order valence-electron chi connectivity index (χ4n) is 2.20. The fraction of sp³-hybridized carbons (Fsp3) is 0.0625. The van der Waals surface area contributed by atoms with E-state index in [9.17, 15) is 14.3 Å². The molecular formula is C16H9FO4. The van der Waals surface area contributed by atoms with Crippen molar-refractivity contribution in [2.24, 2.45) is 0 Å². The van der Waals surface area contributed by atoms with E-state index in [2.05, 4.69) is 11.8 Å². The number of fused-ring (bicyclic) bond motifs is 3. The van der Waals surface area contributed by atoms with Crippen molar-refractivity contribution in [2.45, 2.75) is 0 Å². The molecule has 0 radical (unpaired) electrons. The van der Waals surface area contributed by atoms with Crippen LogP contribution >= 0.6 is 0 Å². The van der Waals surface area contributed by atoms with Crippen molar-refractivity contribution in [3.63, 3.8) is 0 Å². The minimum absolute atomic E-state index is 0.0801. The van der Waals surface area contributed by atoms with E-state index in [0.717, 1.165) is 0 Å². The van der Waals surface area contributed by atoms with Crippen molar-refractivity contribution < 1.29 is 19.0 Å². The highest BCUT2D eigenvalue weighted by Gasteiger charge is 2.14. The van der Waals surface area contributed by atoms with Crippen LogP contribution in [0, 0.1) is 17.7 Å². The number of aliphatic hydroxyl groups excluding tert-OH is 1. The Labute approximate surface area is 118 Å². The van der Waals surface area contributed by atoms with Crippen molar-refractivity contribution in [1.29, 1.82) is 0 Å². The predicted octanol–water partition coefficient (Wildman–Crippen LogP) is 2.13. The van der Waals surface area contributed by atoms with Crippen LogP contribution in [0.25, 0.3) is 21.7 Å². The first-order valence-electron chi connectivity index (χ1n) is 6.09. The van der Waals surface area contributed by atoms with Gasteiger partial charge in [-0.25, -0.2) is 9.18 Å². The molecule has 3 aromatic rings. The van der Waals surface area contributed by atoms with Crippen molar-refractivity contribution in [1.82, 2.24) is 0 Å². The fourth-order valence-corrected chi connectivity index (χ4v) is 2.20. The molecule has 0 spiro atoms. The Bertz CT molecular complexity index is 977. The van der Waals surface area contributed by atoms with Crippen LogP contribution in [0.1, 0.15) is 5.56 Å². The number of benzene rings is 2. The predicted molar refractivity (Wildman–Crippen MR) is 75.6 cm³/mol. The lowest BCUT2D eigenvalue weighted by Gasteiger charge is -2.05. The maximum atomic E-state index is 14.6. The number of hydrogen-bond acceptors (Lipinski definition) is 4. The molecule has 0 aliphatic carbocycles. The summed E-state index contributed by atoms with van der Waals surface area (Å²) in [6.45, 7) is -0.386. The first-order chi connectivity index (χ1) is 10.1. The zero-order valence-corrected chi connectivity index (χ0v) is 10.7. The van der Waals surface area contributed by atoms with Gasteiger partial charge in [0.15, 0.2) is 0 Å². The molecule has 0 unspecified atom stereocenters. The second kappa shape index (κ2) is 4.93. The lowest BCUT2D eigenvalue weighted by atomic mass is 10.0. The molecule has 4 nitrogen and oxygen atoms in total. The third kappa shape index (κ3) is 2.12. The highest BCUT2D eigenvalue weighted by atomic mass is 19.1. The largest absolute Gasteiger partial charge is 0.508 e. The van der Waals surface area contributed by atoms with E-state index < -0.39 is 11.4 Å². The van der Waals surface area contributed by atoms with Crippen LogP contribution in [-0.4, -0.2) is 16.8 Å². The SMILES string of the molecule is O=c1oc2cc(O)ccc2c2c(F)c(C#CCO)ccc12. The van der Waals surface area contributed by atoms with Gasteiger partial charge in [-0.1, -0.05) is 11.8 Å². The van der Waals surface area contributed by atoms with Crippen LogP contribution in [0.4, 0.5) is 4.39 Å². The highest BCUT2D eigenvalue weighted by Crippen LogP contribution is 2.29. The van der Waals surface area contributed by atoms with E-state index in [0.29, 0.717) is 5.39 Å². The van der Waals surface area contributed by atoms with Gasteiger partial charge in [0, 0.05) is 16.8 Å². The van der Waals surface area contributed by atoms with Crippen molar-refractivity contribution in [3.05, 3.63) is 52.1 Å². The molecule has 104 valence electrons. The van der Waals surface area contributed by atoms with Crippen LogP contribution in [0.2, 0.25) is 0 Å². The molecule has 0 bridgehead atoms. The van der Waals surface area contributed by atoms with Gasteiger partial charge in [-0.2, -0.15) is 0 Å². The molecule has 0 atom stereocenters. The summed E-state index contributed by atoms with van der Waals surface area (Å²) in [5.41, 5.74) is -0.515.